The summed E-state index contributed by atoms with van der Waals surface area (Å²) >= 11 is 0. The van der Waals surface area contributed by atoms with Crippen molar-refractivity contribution in [2.45, 2.75) is 19.3 Å². The van der Waals surface area contributed by atoms with Gasteiger partial charge in [-0.15, -0.1) is 0 Å². The third kappa shape index (κ3) is 3.05. The second-order valence-corrected chi connectivity index (χ2v) is 5.85. The van der Waals surface area contributed by atoms with Crippen LogP contribution in [0.3, 0.4) is 0 Å². The van der Waals surface area contributed by atoms with Crippen LogP contribution in [-0.2, 0) is 19.3 Å². The number of fused-ring (bicyclic) bond motifs is 1. The molecule has 0 bridgehead atoms. The predicted molar refractivity (Wildman–Crippen MR) is 87.3 cm³/mol. The minimum Gasteiger partial charge on any atom is -0.288 e. The molecule has 1 aliphatic heterocycles. The summed E-state index contributed by atoms with van der Waals surface area (Å²) < 4.78 is 41.2. The summed E-state index contributed by atoms with van der Waals surface area (Å²) in [7, 11) is 0. The maximum Gasteiger partial charge on any atom is 0.416 e. The molecular weight excluding hydrogens is 329 g/mol. The number of halogens is 3. The molecule has 2 aromatic heterocycles. The van der Waals surface area contributed by atoms with Crippen molar-refractivity contribution in [1.82, 2.24) is 14.8 Å². The van der Waals surface area contributed by atoms with Gasteiger partial charge in [0.15, 0.2) is 0 Å². The first-order valence-electron chi connectivity index (χ1n) is 7.66. The van der Waals surface area contributed by atoms with Gasteiger partial charge in [-0.25, -0.2) is 0 Å². The maximum absolute atomic E-state index is 13.2. The van der Waals surface area contributed by atoms with Crippen molar-refractivity contribution in [3.8, 4) is 11.1 Å². The maximum atomic E-state index is 13.2. The van der Waals surface area contributed by atoms with Crippen molar-refractivity contribution >= 4 is 6.21 Å². The van der Waals surface area contributed by atoms with Crippen LogP contribution in [0.1, 0.15) is 22.3 Å². The van der Waals surface area contributed by atoms with Crippen molar-refractivity contribution in [3.05, 3.63) is 71.3 Å². The summed E-state index contributed by atoms with van der Waals surface area (Å²) in [6.45, 7) is 0.777. The molecule has 1 aliphatic rings. The fraction of sp³-hybridized carbons (Fsp3) is 0.167. The van der Waals surface area contributed by atoms with Gasteiger partial charge in [0.2, 0.25) is 0 Å². The summed E-state index contributed by atoms with van der Waals surface area (Å²) in [5, 5.41) is 4.27. The van der Waals surface area contributed by atoms with E-state index in [-0.39, 0.29) is 6.54 Å². The van der Waals surface area contributed by atoms with E-state index in [9.17, 15) is 13.2 Å². The van der Waals surface area contributed by atoms with Crippen LogP contribution in [0.2, 0.25) is 0 Å². The summed E-state index contributed by atoms with van der Waals surface area (Å²) in [4.78, 5) is 8.16. The summed E-state index contributed by atoms with van der Waals surface area (Å²) in [5.74, 6) is 0. The Bertz CT molecular complexity index is 943. The number of pyridine rings is 1. The first-order chi connectivity index (χ1) is 12.0. The smallest absolute Gasteiger partial charge is 0.288 e. The van der Waals surface area contributed by atoms with Gasteiger partial charge in [0.25, 0.3) is 0 Å². The Balaban J connectivity index is 1.73. The number of rotatable bonds is 3. The van der Waals surface area contributed by atoms with Crippen molar-refractivity contribution in [2.75, 3.05) is 0 Å². The molecule has 3 aromatic rings. The molecule has 126 valence electrons. The first-order valence-corrected chi connectivity index (χ1v) is 7.66. The lowest BCUT2D eigenvalue weighted by molar-refractivity contribution is -0.137. The third-order valence-corrected chi connectivity index (χ3v) is 4.09. The summed E-state index contributed by atoms with van der Waals surface area (Å²) in [6.07, 6.45) is 3.98. The summed E-state index contributed by atoms with van der Waals surface area (Å²) in [6, 6.07) is 6.09. The number of nitrogens with zero attached hydrogens (tertiary/aromatic N) is 4. The number of aliphatic imine (C=N–C) groups is 1. The van der Waals surface area contributed by atoms with Gasteiger partial charge >= 0.3 is 6.18 Å². The Hall–Kier alpha value is -2.96. The second-order valence-electron chi connectivity index (χ2n) is 5.85. The van der Waals surface area contributed by atoms with E-state index >= 15 is 0 Å². The number of alkyl halides is 3. The fourth-order valence-electron chi connectivity index (χ4n) is 2.90. The van der Waals surface area contributed by atoms with Crippen LogP contribution < -0.4 is 0 Å². The Labute approximate surface area is 141 Å². The average molecular weight is 342 g/mol. The zero-order valence-corrected chi connectivity index (χ0v) is 13.0. The molecule has 0 atom stereocenters. The van der Waals surface area contributed by atoms with Crippen LogP contribution >= 0.6 is 0 Å². The van der Waals surface area contributed by atoms with Crippen molar-refractivity contribution < 1.29 is 13.2 Å². The largest absolute Gasteiger partial charge is 0.416 e. The molecule has 0 aliphatic carbocycles. The molecule has 0 fully saturated rings. The lowest BCUT2D eigenvalue weighted by Gasteiger charge is -2.12. The minimum atomic E-state index is -4.39. The van der Waals surface area contributed by atoms with E-state index in [1.54, 1.807) is 35.7 Å². The zero-order chi connectivity index (χ0) is 17.4. The molecule has 0 saturated carbocycles. The van der Waals surface area contributed by atoms with Crippen molar-refractivity contribution in [1.29, 1.82) is 0 Å². The Kier molecular flexibility index (Phi) is 3.63. The van der Waals surface area contributed by atoms with Gasteiger partial charge in [-0.3, -0.25) is 14.7 Å². The van der Waals surface area contributed by atoms with Crippen molar-refractivity contribution in [3.63, 3.8) is 0 Å². The van der Waals surface area contributed by atoms with E-state index in [0.29, 0.717) is 23.2 Å². The fourth-order valence-corrected chi connectivity index (χ4v) is 2.90. The van der Waals surface area contributed by atoms with Gasteiger partial charge in [-0.05, 0) is 34.9 Å². The molecule has 3 heterocycles. The van der Waals surface area contributed by atoms with E-state index < -0.39 is 11.7 Å². The van der Waals surface area contributed by atoms with Gasteiger partial charge in [0, 0.05) is 35.9 Å². The van der Waals surface area contributed by atoms with Crippen LogP contribution in [0.4, 0.5) is 13.2 Å². The molecule has 4 rings (SSSR count). The monoisotopic (exact) mass is 342 g/mol. The number of aromatic nitrogens is 3. The highest BCUT2D eigenvalue weighted by molar-refractivity contribution is 5.94. The molecule has 25 heavy (non-hydrogen) atoms. The summed E-state index contributed by atoms with van der Waals surface area (Å²) in [5.41, 5.74) is 2.77. The highest BCUT2D eigenvalue weighted by Gasteiger charge is 2.32. The molecule has 4 nitrogen and oxygen atoms in total. The normalized spacial score (nSPS) is 13.2. The molecule has 1 aromatic carbocycles. The van der Waals surface area contributed by atoms with E-state index in [4.69, 9.17) is 0 Å². The van der Waals surface area contributed by atoms with Crippen LogP contribution in [-0.4, -0.2) is 21.0 Å². The van der Waals surface area contributed by atoms with E-state index in [0.717, 1.165) is 11.1 Å². The van der Waals surface area contributed by atoms with Gasteiger partial charge in [-0.1, -0.05) is 6.07 Å². The molecule has 7 heteroatoms. The molecule has 0 amide bonds. The van der Waals surface area contributed by atoms with Crippen LogP contribution in [0.5, 0.6) is 0 Å². The van der Waals surface area contributed by atoms with Crippen LogP contribution in [0.15, 0.2) is 54.0 Å². The lowest BCUT2D eigenvalue weighted by atomic mass is 9.96. The molecule has 0 N–H and O–H groups in total. The quantitative estimate of drug-likeness (QED) is 0.723. The van der Waals surface area contributed by atoms with Crippen molar-refractivity contribution in [2.24, 2.45) is 4.99 Å². The predicted octanol–water partition coefficient (Wildman–Crippen LogP) is 3.94. The highest BCUT2D eigenvalue weighted by Crippen LogP contribution is 2.36. The minimum absolute atomic E-state index is 0.274. The third-order valence-electron chi connectivity index (χ3n) is 4.09. The van der Waals surface area contributed by atoms with E-state index in [1.807, 2.05) is 12.1 Å². The first kappa shape index (κ1) is 15.6. The Morgan fingerprint density at radius 2 is 2.04 bits per heavy atom. The molecule has 0 radical (unpaired) electrons. The lowest BCUT2D eigenvalue weighted by Crippen LogP contribution is -2.07. The molecule has 0 unspecified atom stereocenters. The van der Waals surface area contributed by atoms with Gasteiger partial charge in [0.05, 0.1) is 24.8 Å². The Morgan fingerprint density at radius 3 is 2.80 bits per heavy atom. The van der Waals surface area contributed by atoms with Crippen LogP contribution in [0, 0.1) is 0 Å². The van der Waals surface area contributed by atoms with Gasteiger partial charge < -0.3 is 0 Å². The van der Waals surface area contributed by atoms with Crippen LogP contribution in [0.25, 0.3) is 11.1 Å². The number of hydrogen-bond acceptors (Lipinski definition) is 3. The SMILES string of the molecule is FC(F)(F)c1cc2c(c(-c3cnn(Cc4cccnc4)c3)c1)C=NC2. The average Bonchev–Trinajstić information content (AvgIpc) is 3.23. The second kappa shape index (κ2) is 5.84. The standard InChI is InChI=1S/C18H13F3N4/c19-18(20,21)15-4-13-7-23-9-17(13)16(5-15)14-8-24-25(11-14)10-12-2-1-3-22-6-12/h1-6,8-9,11H,7,10H2. The van der Waals surface area contributed by atoms with Gasteiger partial charge in [0.1, 0.15) is 0 Å². The molecule has 0 saturated heterocycles. The molecule has 0 spiro atoms. The topological polar surface area (TPSA) is 43.1 Å². The highest BCUT2D eigenvalue weighted by atomic mass is 19.4. The molecular formula is C18H13F3N4. The number of hydrogen-bond donors (Lipinski definition) is 0. The zero-order valence-electron chi connectivity index (χ0n) is 13.0. The van der Waals surface area contributed by atoms with E-state index in [2.05, 4.69) is 15.1 Å². The van der Waals surface area contributed by atoms with E-state index in [1.165, 1.54) is 12.1 Å². The Morgan fingerprint density at radius 1 is 1.16 bits per heavy atom. The number of benzene rings is 1. The van der Waals surface area contributed by atoms with Gasteiger partial charge in [-0.2, -0.15) is 18.3 Å².